The SMILES string of the molecule is O=C(CCNS(=O)(=O)c1ccc2c(c1)CCCC2)N1CCN(c2cccc(Cl)c2)CC1. The molecule has 2 aromatic rings. The van der Waals surface area contributed by atoms with Crippen LogP contribution in [0, 0.1) is 0 Å². The number of halogens is 1. The lowest BCUT2D eigenvalue weighted by Crippen LogP contribution is -2.49. The van der Waals surface area contributed by atoms with Crippen molar-refractivity contribution < 1.29 is 13.2 Å². The van der Waals surface area contributed by atoms with Crippen LogP contribution in [0.15, 0.2) is 47.4 Å². The Balaban J connectivity index is 1.26. The highest BCUT2D eigenvalue weighted by molar-refractivity contribution is 7.89. The highest BCUT2D eigenvalue weighted by atomic mass is 35.5. The number of fused-ring (bicyclic) bond motifs is 1. The zero-order valence-corrected chi connectivity index (χ0v) is 19.1. The summed E-state index contributed by atoms with van der Waals surface area (Å²) in [5, 5.41) is 0.696. The van der Waals surface area contributed by atoms with E-state index >= 15 is 0 Å². The summed E-state index contributed by atoms with van der Waals surface area (Å²) >= 11 is 6.07. The zero-order chi connectivity index (χ0) is 21.8. The van der Waals surface area contributed by atoms with Gasteiger partial charge in [0.25, 0.3) is 0 Å². The molecule has 1 saturated heterocycles. The third-order valence-electron chi connectivity index (χ3n) is 6.07. The number of rotatable bonds is 6. The summed E-state index contributed by atoms with van der Waals surface area (Å²) < 4.78 is 27.9. The van der Waals surface area contributed by atoms with Gasteiger partial charge in [-0.2, -0.15) is 0 Å². The number of aryl methyl sites for hydroxylation is 2. The van der Waals surface area contributed by atoms with E-state index in [-0.39, 0.29) is 23.8 Å². The van der Waals surface area contributed by atoms with Crippen molar-refractivity contribution in [2.24, 2.45) is 0 Å². The van der Waals surface area contributed by atoms with Crippen molar-refractivity contribution in [1.29, 1.82) is 0 Å². The topological polar surface area (TPSA) is 69.7 Å². The fraction of sp³-hybridized carbons (Fsp3) is 0.435. The van der Waals surface area contributed by atoms with Crippen LogP contribution in [-0.2, 0) is 27.7 Å². The van der Waals surface area contributed by atoms with Gasteiger partial charge in [-0.3, -0.25) is 4.79 Å². The highest BCUT2D eigenvalue weighted by Crippen LogP contribution is 2.24. The minimum absolute atomic E-state index is 0.0288. The molecule has 0 spiro atoms. The minimum Gasteiger partial charge on any atom is -0.368 e. The molecule has 0 radical (unpaired) electrons. The fourth-order valence-corrected chi connectivity index (χ4v) is 5.56. The Kier molecular flexibility index (Phi) is 6.84. The first-order chi connectivity index (χ1) is 14.9. The second-order valence-electron chi connectivity index (χ2n) is 8.13. The van der Waals surface area contributed by atoms with Crippen molar-refractivity contribution in [2.45, 2.75) is 37.0 Å². The van der Waals surface area contributed by atoms with Crippen molar-refractivity contribution >= 4 is 33.2 Å². The van der Waals surface area contributed by atoms with E-state index in [1.54, 1.807) is 17.0 Å². The number of nitrogens with one attached hydrogen (secondary N) is 1. The number of hydrogen-bond donors (Lipinski definition) is 1. The van der Waals surface area contributed by atoms with Crippen LogP contribution in [0.1, 0.15) is 30.4 Å². The number of anilines is 1. The highest BCUT2D eigenvalue weighted by Gasteiger charge is 2.22. The molecule has 166 valence electrons. The van der Waals surface area contributed by atoms with Crippen LogP contribution in [0.25, 0.3) is 0 Å². The van der Waals surface area contributed by atoms with E-state index in [0.29, 0.717) is 18.1 Å². The van der Waals surface area contributed by atoms with Crippen molar-refractivity contribution in [3.05, 3.63) is 58.6 Å². The average molecular weight is 462 g/mol. The number of amides is 1. The first-order valence-electron chi connectivity index (χ1n) is 10.8. The Morgan fingerprint density at radius 3 is 2.45 bits per heavy atom. The van der Waals surface area contributed by atoms with E-state index in [4.69, 9.17) is 11.6 Å². The summed E-state index contributed by atoms with van der Waals surface area (Å²) in [7, 11) is -3.61. The molecule has 0 atom stereocenters. The standard InChI is InChI=1S/C23H28ClN3O3S/c24-20-6-3-7-21(17-20)26-12-14-27(15-13-26)23(28)10-11-25-31(29,30)22-9-8-18-4-1-2-5-19(18)16-22/h3,6-9,16-17,25H,1-2,4-5,10-15H2. The van der Waals surface area contributed by atoms with Crippen LogP contribution in [0.2, 0.25) is 5.02 Å². The van der Waals surface area contributed by atoms with Gasteiger partial charge in [0.2, 0.25) is 15.9 Å². The van der Waals surface area contributed by atoms with Crippen LogP contribution in [0.5, 0.6) is 0 Å². The number of nitrogens with zero attached hydrogens (tertiary/aromatic N) is 2. The van der Waals surface area contributed by atoms with Gasteiger partial charge in [-0.15, -0.1) is 0 Å². The molecule has 1 fully saturated rings. The van der Waals surface area contributed by atoms with Gasteiger partial charge in [0.15, 0.2) is 0 Å². The minimum atomic E-state index is -3.61. The van der Waals surface area contributed by atoms with E-state index in [9.17, 15) is 13.2 Å². The molecule has 8 heteroatoms. The predicted octanol–water partition coefficient (Wildman–Crippen LogP) is 3.24. The molecule has 2 aliphatic rings. The largest absolute Gasteiger partial charge is 0.368 e. The van der Waals surface area contributed by atoms with E-state index in [0.717, 1.165) is 50.0 Å². The first-order valence-corrected chi connectivity index (χ1v) is 12.7. The Labute approximate surface area is 189 Å². The van der Waals surface area contributed by atoms with Crippen LogP contribution in [0.4, 0.5) is 5.69 Å². The van der Waals surface area contributed by atoms with E-state index in [1.165, 1.54) is 5.56 Å². The van der Waals surface area contributed by atoms with E-state index < -0.39 is 10.0 Å². The van der Waals surface area contributed by atoms with Crippen LogP contribution in [-0.4, -0.2) is 51.9 Å². The van der Waals surface area contributed by atoms with Gasteiger partial charge in [0, 0.05) is 49.9 Å². The second-order valence-corrected chi connectivity index (χ2v) is 10.3. The Hall–Kier alpha value is -2.09. The molecule has 6 nitrogen and oxygen atoms in total. The van der Waals surface area contributed by atoms with Crippen molar-refractivity contribution in [3.8, 4) is 0 Å². The molecule has 0 saturated carbocycles. The molecular formula is C23H28ClN3O3S. The molecule has 1 N–H and O–H groups in total. The summed E-state index contributed by atoms with van der Waals surface area (Å²) in [6, 6.07) is 13.1. The molecule has 1 heterocycles. The molecule has 1 amide bonds. The maximum absolute atomic E-state index is 12.6. The van der Waals surface area contributed by atoms with Crippen LogP contribution < -0.4 is 9.62 Å². The molecule has 1 aliphatic carbocycles. The van der Waals surface area contributed by atoms with Gasteiger partial charge < -0.3 is 9.80 Å². The number of benzene rings is 2. The van der Waals surface area contributed by atoms with E-state index in [2.05, 4.69) is 9.62 Å². The van der Waals surface area contributed by atoms with Crippen LogP contribution in [0.3, 0.4) is 0 Å². The number of piperazine rings is 1. The maximum Gasteiger partial charge on any atom is 0.240 e. The summed E-state index contributed by atoms with van der Waals surface area (Å²) in [5.41, 5.74) is 3.43. The fourth-order valence-electron chi connectivity index (χ4n) is 4.30. The van der Waals surface area contributed by atoms with Gasteiger partial charge in [0.05, 0.1) is 4.90 Å². The quantitative estimate of drug-likeness (QED) is 0.717. The monoisotopic (exact) mass is 461 g/mol. The Morgan fingerprint density at radius 1 is 0.968 bits per heavy atom. The molecule has 0 aromatic heterocycles. The third-order valence-corrected chi connectivity index (χ3v) is 7.76. The molecular weight excluding hydrogens is 434 g/mol. The maximum atomic E-state index is 12.6. The summed E-state index contributed by atoms with van der Waals surface area (Å²) in [5.74, 6) is -0.0288. The summed E-state index contributed by atoms with van der Waals surface area (Å²) in [4.78, 5) is 16.9. The lowest BCUT2D eigenvalue weighted by atomic mass is 9.92. The lowest BCUT2D eigenvalue weighted by Gasteiger charge is -2.36. The second kappa shape index (κ2) is 9.59. The molecule has 31 heavy (non-hydrogen) atoms. The molecule has 4 rings (SSSR count). The van der Waals surface area contributed by atoms with Crippen molar-refractivity contribution in [2.75, 3.05) is 37.6 Å². The van der Waals surface area contributed by atoms with Crippen molar-refractivity contribution in [1.82, 2.24) is 9.62 Å². The number of carbonyl (C=O) groups excluding carboxylic acids is 1. The number of hydrogen-bond acceptors (Lipinski definition) is 4. The summed E-state index contributed by atoms with van der Waals surface area (Å²) in [6.45, 7) is 2.79. The molecule has 2 aromatic carbocycles. The first kappa shape index (κ1) is 22.1. The Morgan fingerprint density at radius 2 is 1.71 bits per heavy atom. The number of carbonyl (C=O) groups is 1. The number of sulfonamides is 1. The van der Waals surface area contributed by atoms with Gasteiger partial charge in [-0.1, -0.05) is 23.7 Å². The van der Waals surface area contributed by atoms with Crippen molar-refractivity contribution in [3.63, 3.8) is 0 Å². The lowest BCUT2D eigenvalue weighted by molar-refractivity contribution is -0.131. The van der Waals surface area contributed by atoms with E-state index in [1.807, 2.05) is 30.3 Å². The normalized spacial score (nSPS) is 16.8. The van der Waals surface area contributed by atoms with Crippen LogP contribution >= 0.6 is 11.6 Å². The van der Waals surface area contributed by atoms with Gasteiger partial charge in [0.1, 0.15) is 0 Å². The molecule has 1 aliphatic heterocycles. The summed E-state index contributed by atoms with van der Waals surface area (Å²) in [6.07, 6.45) is 4.36. The van der Waals surface area contributed by atoms with Gasteiger partial charge in [-0.05, 0) is 67.1 Å². The van der Waals surface area contributed by atoms with Gasteiger partial charge >= 0.3 is 0 Å². The third kappa shape index (κ3) is 5.40. The van der Waals surface area contributed by atoms with Gasteiger partial charge in [-0.25, -0.2) is 13.1 Å². The predicted molar refractivity (Wildman–Crippen MR) is 123 cm³/mol. The average Bonchev–Trinajstić information content (AvgIpc) is 2.78. The Bertz CT molecular complexity index is 1050. The smallest absolute Gasteiger partial charge is 0.240 e. The molecule has 0 unspecified atom stereocenters. The molecule has 0 bridgehead atoms. The zero-order valence-electron chi connectivity index (χ0n) is 17.5.